The largest absolute Gasteiger partial charge is 0.328 e. The van der Waals surface area contributed by atoms with Gasteiger partial charge in [-0.3, -0.25) is 0 Å². The predicted octanol–water partition coefficient (Wildman–Crippen LogP) is 1.86. The van der Waals surface area contributed by atoms with Gasteiger partial charge in [0, 0.05) is 6.04 Å². The lowest BCUT2D eigenvalue weighted by Crippen LogP contribution is -2.20. The van der Waals surface area contributed by atoms with Crippen LogP contribution in [0.25, 0.3) is 0 Å². The van der Waals surface area contributed by atoms with Gasteiger partial charge in [-0.05, 0) is 19.8 Å². The van der Waals surface area contributed by atoms with Crippen molar-refractivity contribution in [3.8, 4) is 0 Å². The highest BCUT2D eigenvalue weighted by molar-refractivity contribution is 4.61. The predicted molar refractivity (Wildman–Crippen MR) is 38.1 cm³/mol. The van der Waals surface area contributed by atoms with Gasteiger partial charge in [0.05, 0.1) is 0 Å². The average molecular weight is 133 g/mol. The van der Waals surface area contributed by atoms with E-state index < -0.39 is 6.17 Å². The van der Waals surface area contributed by atoms with Crippen LogP contribution in [0, 0.1) is 0 Å². The summed E-state index contributed by atoms with van der Waals surface area (Å²) < 4.78 is 12.6. The van der Waals surface area contributed by atoms with E-state index in [1.165, 1.54) is 0 Å². The first kappa shape index (κ1) is 8.89. The lowest BCUT2D eigenvalue weighted by atomic mass is 10.1. The molecule has 0 saturated heterocycles. The van der Waals surface area contributed by atoms with Gasteiger partial charge in [0.25, 0.3) is 0 Å². The molecule has 0 aliphatic rings. The first-order chi connectivity index (χ1) is 4.16. The molecule has 0 aromatic carbocycles. The van der Waals surface area contributed by atoms with Gasteiger partial charge in [-0.2, -0.15) is 0 Å². The van der Waals surface area contributed by atoms with Crippen molar-refractivity contribution in [3.63, 3.8) is 0 Å². The zero-order valence-corrected chi connectivity index (χ0v) is 6.23. The molecular formula is C7H16FN. The van der Waals surface area contributed by atoms with E-state index in [2.05, 4.69) is 0 Å². The monoisotopic (exact) mass is 133 g/mol. The second-order valence-electron chi connectivity index (χ2n) is 2.60. The van der Waals surface area contributed by atoms with Crippen LogP contribution in [0.15, 0.2) is 0 Å². The van der Waals surface area contributed by atoms with Gasteiger partial charge < -0.3 is 5.73 Å². The molecule has 1 nitrogen and oxygen atoms in total. The molecule has 0 aliphatic carbocycles. The Morgan fingerprint density at radius 1 is 1.56 bits per heavy atom. The Morgan fingerprint density at radius 2 is 2.11 bits per heavy atom. The molecule has 2 heteroatoms. The van der Waals surface area contributed by atoms with Crippen LogP contribution in [0.2, 0.25) is 0 Å². The van der Waals surface area contributed by atoms with E-state index in [1.807, 2.05) is 13.8 Å². The zero-order valence-electron chi connectivity index (χ0n) is 6.23. The number of halogens is 1. The van der Waals surface area contributed by atoms with Crippen molar-refractivity contribution < 1.29 is 4.39 Å². The Morgan fingerprint density at radius 3 is 2.44 bits per heavy atom. The summed E-state index contributed by atoms with van der Waals surface area (Å²) in [7, 11) is 0. The summed E-state index contributed by atoms with van der Waals surface area (Å²) in [5, 5.41) is 0. The molecule has 0 rings (SSSR count). The molecule has 0 aliphatic heterocycles. The van der Waals surface area contributed by atoms with Gasteiger partial charge in [-0.25, -0.2) is 4.39 Å². The molecule has 2 N–H and O–H groups in total. The van der Waals surface area contributed by atoms with Crippen molar-refractivity contribution in [2.24, 2.45) is 5.73 Å². The fraction of sp³-hybridized carbons (Fsp3) is 1.00. The lowest BCUT2D eigenvalue weighted by Gasteiger charge is -2.08. The Hall–Kier alpha value is -0.110. The molecule has 0 bridgehead atoms. The average Bonchev–Trinajstić information content (AvgIpc) is 1.63. The molecule has 0 fully saturated rings. The van der Waals surface area contributed by atoms with Crippen LogP contribution in [0.1, 0.15) is 33.1 Å². The minimum atomic E-state index is -0.685. The molecule has 0 radical (unpaired) electrons. The highest BCUT2D eigenvalue weighted by Gasteiger charge is 2.06. The van der Waals surface area contributed by atoms with Crippen molar-refractivity contribution in [1.82, 2.24) is 0 Å². The van der Waals surface area contributed by atoms with Gasteiger partial charge in [-0.15, -0.1) is 0 Å². The summed E-state index contributed by atoms with van der Waals surface area (Å²) in [4.78, 5) is 0. The molecule has 2 atom stereocenters. The Bertz CT molecular complexity index is 63.9. The maximum Gasteiger partial charge on any atom is 0.102 e. The van der Waals surface area contributed by atoms with Crippen molar-refractivity contribution >= 4 is 0 Å². The lowest BCUT2D eigenvalue weighted by molar-refractivity contribution is 0.280. The van der Waals surface area contributed by atoms with Gasteiger partial charge in [0.2, 0.25) is 0 Å². The number of hydrogen-bond acceptors (Lipinski definition) is 1. The second-order valence-corrected chi connectivity index (χ2v) is 2.60. The molecule has 0 heterocycles. The highest BCUT2D eigenvalue weighted by atomic mass is 19.1. The van der Waals surface area contributed by atoms with E-state index in [4.69, 9.17) is 5.73 Å². The second kappa shape index (κ2) is 4.74. The molecule has 0 aromatic rings. The Kier molecular flexibility index (Phi) is 4.68. The summed E-state index contributed by atoms with van der Waals surface area (Å²) in [6.45, 7) is 3.82. The quantitative estimate of drug-likeness (QED) is 0.622. The van der Waals surface area contributed by atoms with Crippen LogP contribution in [0.4, 0.5) is 4.39 Å². The molecular weight excluding hydrogens is 117 g/mol. The van der Waals surface area contributed by atoms with Crippen LogP contribution in [0.3, 0.4) is 0 Å². The third kappa shape index (κ3) is 5.77. The number of nitrogens with two attached hydrogens (primary N) is 1. The van der Waals surface area contributed by atoms with Gasteiger partial charge in [-0.1, -0.05) is 13.3 Å². The third-order valence-corrected chi connectivity index (χ3v) is 1.23. The van der Waals surface area contributed by atoms with E-state index in [0.29, 0.717) is 12.8 Å². The molecule has 0 amide bonds. The molecule has 56 valence electrons. The van der Waals surface area contributed by atoms with E-state index in [1.54, 1.807) is 0 Å². The molecule has 2 unspecified atom stereocenters. The molecule has 0 saturated carbocycles. The van der Waals surface area contributed by atoms with Crippen molar-refractivity contribution in [1.29, 1.82) is 0 Å². The fourth-order valence-electron chi connectivity index (χ4n) is 0.834. The van der Waals surface area contributed by atoms with Crippen molar-refractivity contribution in [2.45, 2.75) is 45.3 Å². The summed E-state index contributed by atoms with van der Waals surface area (Å²) in [6.07, 6.45) is 1.39. The number of hydrogen-bond donors (Lipinski definition) is 1. The summed E-state index contributed by atoms with van der Waals surface area (Å²) in [6, 6.07) is 0.00606. The molecule has 0 aromatic heterocycles. The Labute approximate surface area is 56.4 Å². The van der Waals surface area contributed by atoms with Crippen LogP contribution < -0.4 is 5.73 Å². The maximum atomic E-state index is 12.6. The Balaban J connectivity index is 3.15. The molecule has 0 spiro atoms. The molecule has 9 heavy (non-hydrogen) atoms. The minimum absolute atomic E-state index is 0.00606. The van der Waals surface area contributed by atoms with Gasteiger partial charge in [0.1, 0.15) is 6.17 Å². The summed E-state index contributed by atoms with van der Waals surface area (Å²) >= 11 is 0. The summed E-state index contributed by atoms with van der Waals surface area (Å²) in [5.74, 6) is 0. The zero-order chi connectivity index (χ0) is 7.28. The SMILES string of the molecule is CCCC(F)CC(C)N. The maximum absolute atomic E-state index is 12.6. The van der Waals surface area contributed by atoms with Crippen molar-refractivity contribution in [3.05, 3.63) is 0 Å². The van der Waals surface area contributed by atoms with E-state index >= 15 is 0 Å². The van der Waals surface area contributed by atoms with Gasteiger partial charge in [0.15, 0.2) is 0 Å². The number of alkyl halides is 1. The fourth-order valence-corrected chi connectivity index (χ4v) is 0.834. The van der Waals surface area contributed by atoms with Gasteiger partial charge >= 0.3 is 0 Å². The first-order valence-electron chi connectivity index (χ1n) is 3.56. The van der Waals surface area contributed by atoms with E-state index in [9.17, 15) is 4.39 Å². The van der Waals surface area contributed by atoms with Crippen LogP contribution >= 0.6 is 0 Å². The normalized spacial score (nSPS) is 17.3. The summed E-state index contributed by atoms with van der Waals surface area (Å²) in [5.41, 5.74) is 5.38. The standard InChI is InChI=1S/C7H16FN/c1-3-4-7(8)5-6(2)9/h6-7H,3-5,9H2,1-2H3. The van der Waals surface area contributed by atoms with Crippen LogP contribution in [0.5, 0.6) is 0 Å². The number of rotatable bonds is 4. The highest BCUT2D eigenvalue weighted by Crippen LogP contribution is 2.07. The smallest absolute Gasteiger partial charge is 0.102 e. The minimum Gasteiger partial charge on any atom is -0.328 e. The van der Waals surface area contributed by atoms with E-state index in [-0.39, 0.29) is 6.04 Å². The topological polar surface area (TPSA) is 26.0 Å². The van der Waals surface area contributed by atoms with Crippen LogP contribution in [-0.4, -0.2) is 12.2 Å². The van der Waals surface area contributed by atoms with Crippen LogP contribution in [-0.2, 0) is 0 Å². The van der Waals surface area contributed by atoms with E-state index in [0.717, 1.165) is 6.42 Å². The third-order valence-electron chi connectivity index (χ3n) is 1.23. The first-order valence-corrected chi connectivity index (χ1v) is 3.56. The van der Waals surface area contributed by atoms with Crippen molar-refractivity contribution in [2.75, 3.05) is 0 Å².